The molecule has 29 heavy (non-hydrogen) atoms. The van der Waals surface area contributed by atoms with Crippen LogP contribution in [0, 0.1) is 0 Å². The number of hydrogen-bond acceptors (Lipinski definition) is 6. The minimum Gasteiger partial charge on any atom is -0.478 e. The maximum atomic E-state index is 12.6. The number of anilines is 2. The summed E-state index contributed by atoms with van der Waals surface area (Å²) < 4.78 is 5.57. The Morgan fingerprint density at radius 2 is 1.83 bits per heavy atom. The number of ether oxygens (including phenoxy) is 1. The molecule has 0 saturated carbocycles. The molecule has 2 heterocycles. The molecule has 1 amide bonds. The number of carbonyl (C=O) groups is 2. The summed E-state index contributed by atoms with van der Waals surface area (Å²) in [5.74, 6) is -1.06. The standard InChI is InChI=1S/C21H30N4O4/c1-20(2,3)29-19(28)25-12-9-21(25)7-10-24(11-8-21)16-6-5-14(18(26)27)17(22)15(16)13-23-4/h5-6,13H,7-12,22H2,1-4H3,(H,26,27). The minimum absolute atomic E-state index is 0.0761. The van der Waals surface area contributed by atoms with Crippen molar-refractivity contribution in [1.82, 2.24) is 4.90 Å². The molecule has 0 unspecified atom stereocenters. The van der Waals surface area contributed by atoms with E-state index in [0.29, 0.717) is 5.56 Å². The molecule has 1 spiro atoms. The second kappa shape index (κ2) is 7.57. The molecule has 0 aliphatic carbocycles. The monoisotopic (exact) mass is 402 g/mol. The van der Waals surface area contributed by atoms with Gasteiger partial charge < -0.3 is 25.4 Å². The molecule has 8 nitrogen and oxygen atoms in total. The topological polar surface area (TPSA) is 108 Å². The van der Waals surface area contributed by atoms with Crippen LogP contribution in [0.3, 0.4) is 0 Å². The molecule has 2 aliphatic heterocycles. The van der Waals surface area contributed by atoms with Crippen molar-refractivity contribution in [3.63, 3.8) is 0 Å². The summed E-state index contributed by atoms with van der Waals surface area (Å²) in [6.45, 7) is 7.85. The minimum atomic E-state index is -1.06. The number of benzene rings is 1. The fraction of sp³-hybridized carbons (Fsp3) is 0.571. The van der Waals surface area contributed by atoms with E-state index in [1.807, 2.05) is 25.7 Å². The van der Waals surface area contributed by atoms with Gasteiger partial charge in [-0.1, -0.05) is 0 Å². The van der Waals surface area contributed by atoms with Gasteiger partial charge in [0.1, 0.15) is 5.60 Å². The van der Waals surface area contributed by atoms with Gasteiger partial charge in [-0.25, -0.2) is 9.59 Å². The molecule has 0 atom stereocenters. The predicted molar refractivity (Wildman–Crippen MR) is 113 cm³/mol. The van der Waals surface area contributed by atoms with Gasteiger partial charge in [0.05, 0.1) is 16.8 Å². The van der Waals surface area contributed by atoms with Gasteiger partial charge in [0.15, 0.2) is 0 Å². The molecule has 8 heteroatoms. The highest BCUT2D eigenvalue weighted by atomic mass is 16.6. The summed E-state index contributed by atoms with van der Waals surface area (Å²) in [6, 6.07) is 3.34. The Balaban J connectivity index is 1.77. The first-order chi connectivity index (χ1) is 13.6. The van der Waals surface area contributed by atoms with Crippen LogP contribution in [0.4, 0.5) is 16.2 Å². The molecule has 0 bridgehead atoms. The summed E-state index contributed by atoms with van der Waals surface area (Å²) >= 11 is 0. The highest BCUT2D eigenvalue weighted by Gasteiger charge is 2.50. The number of hydrogen-bond donors (Lipinski definition) is 2. The molecule has 2 fully saturated rings. The highest BCUT2D eigenvalue weighted by molar-refractivity contribution is 6.03. The average molecular weight is 402 g/mol. The molecule has 0 aromatic heterocycles. The number of nitrogens with two attached hydrogens (primary N) is 1. The molecule has 1 aromatic rings. The van der Waals surface area contributed by atoms with Crippen LogP contribution >= 0.6 is 0 Å². The average Bonchev–Trinajstić information content (AvgIpc) is 2.61. The van der Waals surface area contributed by atoms with Crippen LogP contribution in [0.2, 0.25) is 0 Å². The van der Waals surface area contributed by atoms with Crippen molar-refractivity contribution in [3.05, 3.63) is 23.3 Å². The van der Waals surface area contributed by atoms with Gasteiger partial charge in [-0.3, -0.25) is 4.99 Å². The van der Waals surface area contributed by atoms with Gasteiger partial charge in [-0.2, -0.15) is 0 Å². The van der Waals surface area contributed by atoms with E-state index in [0.717, 1.165) is 44.6 Å². The largest absolute Gasteiger partial charge is 0.478 e. The Labute approximate surface area is 171 Å². The molecule has 3 N–H and O–H groups in total. The summed E-state index contributed by atoms with van der Waals surface area (Å²) in [4.78, 5) is 32.1. The van der Waals surface area contributed by atoms with Crippen LogP contribution in [0.1, 0.15) is 56.0 Å². The van der Waals surface area contributed by atoms with E-state index < -0.39 is 11.6 Å². The summed E-state index contributed by atoms with van der Waals surface area (Å²) in [6.07, 6.45) is 4.00. The third-order valence-electron chi connectivity index (χ3n) is 5.77. The molecule has 0 radical (unpaired) electrons. The number of carboxylic acids is 1. The van der Waals surface area contributed by atoms with Crippen LogP contribution in [-0.2, 0) is 4.74 Å². The lowest BCUT2D eigenvalue weighted by molar-refractivity contribution is -0.0541. The van der Waals surface area contributed by atoms with E-state index >= 15 is 0 Å². The number of carboxylic acid groups (broad SMARTS) is 1. The van der Waals surface area contributed by atoms with Crippen LogP contribution in [-0.4, -0.2) is 66.1 Å². The summed E-state index contributed by atoms with van der Waals surface area (Å²) in [7, 11) is 1.63. The van der Waals surface area contributed by atoms with Gasteiger partial charge in [-0.15, -0.1) is 0 Å². The molecular weight excluding hydrogens is 372 g/mol. The zero-order valence-electron chi connectivity index (χ0n) is 17.6. The Morgan fingerprint density at radius 3 is 2.31 bits per heavy atom. The Kier molecular flexibility index (Phi) is 5.47. The van der Waals surface area contributed by atoms with Crippen molar-refractivity contribution < 1.29 is 19.4 Å². The second-order valence-corrected chi connectivity index (χ2v) is 8.75. The van der Waals surface area contributed by atoms with Crippen molar-refractivity contribution in [2.24, 2.45) is 4.99 Å². The third-order valence-corrected chi connectivity index (χ3v) is 5.77. The van der Waals surface area contributed by atoms with Crippen molar-refractivity contribution >= 4 is 29.7 Å². The molecule has 158 valence electrons. The van der Waals surface area contributed by atoms with Crippen molar-refractivity contribution in [1.29, 1.82) is 0 Å². The molecule has 3 rings (SSSR count). The van der Waals surface area contributed by atoms with Gasteiger partial charge in [0.25, 0.3) is 0 Å². The Bertz CT molecular complexity index is 836. The van der Waals surface area contributed by atoms with Crippen molar-refractivity contribution in [2.75, 3.05) is 37.3 Å². The summed E-state index contributed by atoms with van der Waals surface area (Å²) in [5.41, 5.74) is 7.26. The van der Waals surface area contributed by atoms with Crippen molar-refractivity contribution in [3.8, 4) is 0 Å². The maximum Gasteiger partial charge on any atom is 0.410 e. The van der Waals surface area contributed by atoms with Gasteiger partial charge >= 0.3 is 12.1 Å². The van der Waals surface area contributed by atoms with E-state index in [1.165, 1.54) is 0 Å². The molecule has 1 aromatic carbocycles. The van der Waals surface area contributed by atoms with Gasteiger partial charge in [-0.05, 0) is 52.2 Å². The van der Waals surface area contributed by atoms with Crippen molar-refractivity contribution in [2.45, 2.75) is 51.2 Å². The first-order valence-electron chi connectivity index (χ1n) is 9.91. The number of aliphatic imine (C=N–C) groups is 1. The van der Waals surface area contributed by atoms with E-state index in [-0.39, 0.29) is 22.9 Å². The Morgan fingerprint density at radius 1 is 1.21 bits per heavy atom. The number of nitrogens with zero attached hydrogens (tertiary/aromatic N) is 3. The van der Waals surface area contributed by atoms with Crippen LogP contribution in [0.25, 0.3) is 0 Å². The number of piperidine rings is 1. The SMILES string of the molecule is CN=Cc1c(N2CCC3(CC2)CCN3C(=O)OC(C)(C)C)ccc(C(=O)O)c1N. The molecule has 2 aliphatic rings. The van der Waals surface area contributed by atoms with E-state index in [2.05, 4.69) is 9.89 Å². The first-order valence-corrected chi connectivity index (χ1v) is 9.91. The number of likely N-dealkylation sites (tertiary alicyclic amines) is 1. The smallest absolute Gasteiger partial charge is 0.410 e. The molecular formula is C21H30N4O4. The lowest BCUT2D eigenvalue weighted by Crippen LogP contribution is -2.66. The van der Waals surface area contributed by atoms with Crippen LogP contribution in [0.5, 0.6) is 0 Å². The van der Waals surface area contributed by atoms with E-state index in [1.54, 1.807) is 25.4 Å². The number of aromatic carboxylic acids is 1. The number of amides is 1. The quantitative estimate of drug-likeness (QED) is 0.594. The second-order valence-electron chi connectivity index (χ2n) is 8.75. The zero-order valence-corrected chi connectivity index (χ0v) is 17.6. The van der Waals surface area contributed by atoms with E-state index in [9.17, 15) is 14.7 Å². The van der Waals surface area contributed by atoms with Crippen LogP contribution < -0.4 is 10.6 Å². The van der Waals surface area contributed by atoms with E-state index in [4.69, 9.17) is 10.5 Å². The fourth-order valence-electron chi connectivity index (χ4n) is 4.18. The third kappa shape index (κ3) is 4.02. The Hall–Kier alpha value is -2.77. The maximum absolute atomic E-state index is 12.6. The fourth-order valence-corrected chi connectivity index (χ4v) is 4.18. The summed E-state index contributed by atoms with van der Waals surface area (Å²) in [5, 5.41) is 9.34. The van der Waals surface area contributed by atoms with Crippen LogP contribution in [0.15, 0.2) is 17.1 Å². The first kappa shape index (κ1) is 21.0. The highest BCUT2D eigenvalue weighted by Crippen LogP contribution is 2.42. The zero-order chi connectivity index (χ0) is 21.4. The molecule has 2 saturated heterocycles. The lowest BCUT2D eigenvalue weighted by Gasteiger charge is -2.56. The number of nitrogen functional groups attached to an aromatic ring is 1. The van der Waals surface area contributed by atoms with Gasteiger partial charge in [0, 0.05) is 44.1 Å². The number of rotatable bonds is 3. The lowest BCUT2D eigenvalue weighted by atomic mass is 9.76. The number of carbonyl (C=O) groups excluding carboxylic acids is 1. The van der Waals surface area contributed by atoms with Gasteiger partial charge in [0.2, 0.25) is 0 Å². The normalized spacial score (nSPS) is 18.8. The predicted octanol–water partition coefficient (Wildman–Crippen LogP) is 3.00.